The molecule has 15 heavy (non-hydrogen) atoms. The summed E-state index contributed by atoms with van der Waals surface area (Å²) in [6.07, 6.45) is 1.85. The number of nitrogens with one attached hydrogen (secondary N) is 1. The fraction of sp³-hybridized carbons (Fsp3) is 0.500. The monoisotopic (exact) mass is 207 g/mol. The summed E-state index contributed by atoms with van der Waals surface area (Å²) in [6.45, 7) is 1.43. The first-order chi connectivity index (χ1) is 7.36. The number of hydrogen-bond acceptors (Lipinski definition) is 3. The normalized spacial score (nSPS) is 24.6. The molecule has 0 saturated heterocycles. The summed E-state index contributed by atoms with van der Waals surface area (Å²) in [5.74, 6) is 0.897. The molecule has 0 bridgehead atoms. The molecule has 1 aromatic rings. The van der Waals surface area contributed by atoms with Crippen molar-refractivity contribution in [2.24, 2.45) is 0 Å². The molecule has 3 nitrogen and oxygen atoms in total. The minimum atomic E-state index is -0.151. The number of benzene rings is 1. The predicted molar refractivity (Wildman–Crippen MR) is 59.0 cm³/mol. The Hall–Kier alpha value is -1.06. The highest BCUT2D eigenvalue weighted by Gasteiger charge is 2.27. The second-order valence-corrected chi connectivity index (χ2v) is 3.87. The molecular weight excluding hydrogens is 190 g/mol. The maximum Gasteiger partial charge on any atom is 0.119 e. The zero-order chi connectivity index (χ0) is 10.5. The average molecular weight is 207 g/mol. The Morgan fingerprint density at radius 3 is 2.67 bits per heavy atom. The molecule has 0 spiro atoms. The van der Waals surface area contributed by atoms with E-state index < -0.39 is 0 Å². The summed E-state index contributed by atoms with van der Waals surface area (Å²) < 4.78 is 5.52. The van der Waals surface area contributed by atoms with Crippen LogP contribution < -0.4 is 10.1 Å². The molecule has 82 valence electrons. The maximum atomic E-state index is 9.32. The van der Waals surface area contributed by atoms with Crippen molar-refractivity contribution in [3.63, 3.8) is 0 Å². The molecule has 0 aliphatic heterocycles. The quantitative estimate of drug-likeness (QED) is 0.712. The van der Waals surface area contributed by atoms with Crippen LogP contribution in [-0.4, -0.2) is 30.4 Å². The standard InChI is InChI=1S/C12H17NO2/c14-12-7-6-11(12)13-8-9-15-10-4-2-1-3-5-10/h1-5,11-14H,6-9H2/t11-,12-/m1/s1. The van der Waals surface area contributed by atoms with Crippen molar-refractivity contribution in [2.45, 2.75) is 25.0 Å². The largest absolute Gasteiger partial charge is 0.492 e. The summed E-state index contributed by atoms with van der Waals surface area (Å²) in [4.78, 5) is 0. The van der Waals surface area contributed by atoms with Crippen LogP contribution in [0.1, 0.15) is 12.8 Å². The molecule has 1 fully saturated rings. The van der Waals surface area contributed by atoms with Crippen LogP contribution in [0.4, 0.5) is 0 Å². The zero-order valence-corrected chi connectivity index (χ0v) is 8.73. The van der Waals surface area contributed by atoms with E-state index in [4.69, 9.17) is 4.74 Å². The molecule has 1 aromatic carbocycles. The number of aliphatic hydroxyl groups is 1. The molecule has 0 amide bonds. The topological polar surface area (TPSA) is 41.5 Å². The van der Waals surface area contributed by atoms with Crippen molar-refractivity contribution in [1.82, 2.24) is 5.32 Å². The number of hydrogen-bond donors (Lipinski definition) is 2. The van der Waals surface area contributed by atoms with Gasteiger partial charge in [0.25, 0.3) is 0 Å². The smallest absolute Gasteiger partial charge is 0.119 e. The van der Waals surface area contributed by atoms with Gasteiger partial charge in [-0.2, -0.15) is 0 Å². The van der Waals surface area contributed by atoms with Crippen molar-refractivity contribution in [3.8, 4) is 5.75 Å². The van der Waals surface area contributed by atoms with Gasteiger partial charge in [-0.1, -0.05) is 18.2 Å². The van der Waals surface area contributed by atoms with Crippen LogP contribution in [0.5, 0.6) is 5.75 Å². The number of rotatable bonds is 5. The highest BCUT2D eigenvalue weighted by atomic mass is 16.5. The lowest BCUT2D eigenvalue weighted by molar-refractivity contribution is 0.0485. The van der Waals surface area contributed by atoms with Crippen molar-refractivity contribution in [1.29, 1.82) is 0 Å². The highest BCUT2D eigenvalue weighted by molar-refractivity contribution is 5.20. The van der Waals surface area contributed by atoms with Crippen LogP contribution in [-0.2, 0) is 0 Å². The van der Waals surface area contributed by atoms with E-state index in [2.05, 4.69) is 5.32 Å². The molecule has 1 saturated carbocycles. The average Bonchev–Trinajstić information content (AvgIpc) is 2.28. The Balaban J connectivity index is 1.59. The second-order valence-electron chi connectivity index (χ2n) is 3.87. The zero-order valence-electron chi connectivity index (χ0n) is 8.73. The van der Waals surface area contributed by atoms with Gasteiger partial charge >= 0.3 is 0 Å². The number of para-hydroxylation sites is 1. The van der Waals surface area contributed by atoms with E-state index in [1.807, 2.05) is 30.3 Å². The van der Waals surface area contributed by atoms with Crippen molar-refractivity contribution in [3.05, 3.63) is 30.3 Å². The molecule has 3 heteroatoms. The van der Waals surface area contributed by atoms with Gasteiger partial charge in [-0.25, -0.2) is 0 Å². The van der Waals surface area contributed by atoms with Gasteiger partial charge in [0.15, 0.2) is 0 Å². The summed E-state index contributed by atoms with van der Waals surface area (Å²) >= 11 is 0. The Bertz CT molecular complexity index is 289. The van der Waals surface area contributed by atoms with Gasteiger partial charge < -0.3 is 15.2 Å². The third kappa shape index (κ3) is 2.94. The van der Waals surface area contributed by atoms with E-state index in [1.165, 1.54) is 0 Å². The van der Waals surface area contributed by atoms with Crippen LogP contribution in [0.25, 0.3) is 0 Å². The Morgan fingerprint density at radius 2 is 2.07 bits per heavy atom. The van der Waals surface area contributed by atoms with E-state index in [0.29, 0.717) is 6.61 Å². The lowest BCUT2D eigenvalue weighted by atomic mass is 9.89. The van der Waals surface area contributed by atoms with E-state index in [9.17, 15) is 5.11 Å². The lowest BCUT2D eigenvalue weighted by Gasteiger charge is -2.33. The van der Waals surface area contributed by atoms with E-state index in [0.717, 1.165) is 25.1 Å². The fourth-order valence-electron chi connectivity index (χ4n) is 1.65. The van der Waals surface area contributed by atoms with Gasteiger partial charge in [-0.3, -0.25) is 0 Å². The van der Waals surface area contributed by atoms with Gasteiger partial charge in [-0.05, 0) is 25.0 Å². The van der Waals surface area contributed by atoms with Crippen LogP contribution in [0.15, 0.2) is 30.3 Å². The third-order valence-electron chi connectivity index (χ3n) is 2.76. The van der Waals surface area contributed by atoms with Crippen molar-refractivity contribution < 1.29 is 9.84 Å². The first kappa shape index (κ1) is 10.5. The first-order valence-corrected chi connectivity index (χ1v) is 5.45. The molecule has 1 aliphatic rings. The Morgan fingerprint density at radius 1 is 1.27 bits per heavy atom. The van der Waals surface area contributed by atoms with Crippen molar-refractivity contribution in [2.75, 3.05) is 13.2 Å². The molecule has 0 aromatic heterocycles. The van der Waals surface area contributed by atoms with Gasteiger partial charge in [0.1, 0.15) is 12.4 Å². The van der Waals surface area contributed by atoms with Gasteiger partial charge in [0.05, 0.1) is 6.10 Å². The van der Waals surface area contributed by atoms with E-state index in [1.54, 1.807) is 0 Å². The molecule has 2 rings (SSSR count). The fourth-order valence-corrected chi connectivity index (χ4v) is 1.65. The van der Waals surface area contributed by atoms with Gasteiger partial charge in [0.2, 0.25) is 0 Å². The summed E-state index contributed by atoms with van der Waals surface area (Å²) in [5.41, 5.74) is 0. The Labute approximate surface area is 90.1 Å². The van der Waals surface area contributed by atoms with E-state index in [-0.39, 0.29) is 12.1 Å². The minimum absolute atomic E-state index is 0.151. The number of ether oxygens (including phenoxy) is 1. The molecule has 2 atom stereocenters. The molecule has 1 aliphatic carbocycles. The summed E-state index contributed by atoms with van der Waals surface area (Å²) in [7, 11) is 0. The van der Waals surface area contributed by atoms with Crippen LogP contribution in [0.2, 0.25) is 0 Å². The Kier molecular flexibility index (Phi) is 3.59. The number of aliphatic hydroxyl groups excluding tert-OH is 1. The molecule has 2 N–H and O–H groups in total. The predicted octanol–water partition coefficient (Wildman–Crippen LogP) is 1.18. The molecule has 0 heterocycles. The first-order valence-electron chi connectivity index (χ1n) is 5.45. The van der Waals surface area contributed by atoms with E-state index >= 15 is 0 Å². The summed E-state index contributed by atoms with van der Waals surface area (Å²) in [5, 5.41) is 12.6. The molecular formula is C12H17NO2. The molecule has 0 radical (unpaired) electrons. The van der Waals surface area contributed by atoms with Crippen LogP contribution in [0.3, 0.4) is 0 Å². The van der Waals surface area contributed by atoms with Gasteiger partial charge in [0, 0.05) is 12.6 Å². The SMILES string of the molecule is O[C@@H]1CC[C@H]1NCCOc1ccccc1. The van der Waals surface area contributed by atoms with Crippen LogP contribution in [0, 0.1) is 0 Å². The third-order valence-corrected chi connectivity index (χ3v) is 2.76. The lowest BCUT2D eigenvalue weighted by Crippen LogP contribution is -2.48. The molecule has 0 unspecified atom stereocenters. The van der Waals surface area contributed by atoms with Crippen LogP contribution >= 0.6 is 0 Å². The second kappa shape index (κ2) is 5.14. The van der Waals surface area contributed by atoms with Gasteiger partial charge in [-0.15, -0.1) is 0 Å². The maximum absolute atomic E-state index is 9.32. The highest BCUT2D eigenvalue weighted by Crippen LogP contribution is 2.18. The summed E-state index contributed by atoms with van der Waals surface area (Å²) in [6, 6.07) is 10.0. The minimum Gasteiger partial charge on any atom is -0.492 e. The van der Waals surface area contributed by atoms with Crippen molar-refractivity contribution >= 4 is 0 Å².